The molecule has 14 heavy (non-hydrogen) atoms. The molecule has 0 amide bonds. The van der Waals surface area contributed by atoms with Gasteiger partial charge in [0.2, 0.25) is 0 Å². The van der Waals surface area contributed by atoms with Gasteiger partial charge >= 0.3 is 6.07 Å². The molecule has 0 unspecified atom stereocenters. The van der Waals surface area contributed by atoms with Gasteiger partial charge in [-0.3, -0.25) is 10.2 Å². The maximum Gasteiger partial charge on any atom is 0.369 e. The van der Waals surface area contributed by atoms with Crippen LogP contribution >= 0.6 is 0 Å². The molecule has 4 nitrogen and oxygen atoms in total. The van der Waals surface area contributed by atoms with E-state index in [2.05, 4.69) is 16.4 Å². The first-order valence-electron chi connectivity index (χ1n) is 4.04. The van der Waals surface area contributed by atoms with Crippen LogP contribution < -0.4 is 5.43 Å². The monoisotopic (exact) mass is 188 g/mol. The molecule has 70 valence electrons. The molecule has 0 aliphatic rings. The van der Waals surface area contributed by atoms with Crippen LogP contribution in [0.4, 0.5) is 5.69 Å². The van der Waals surface area contributed by atoms with Gasteiger partial charge in [0.05, 0.1) is 4.95 Å². The van der Waals surface area contributed by atoms with Crippen molar-refractivity contribution in [2.45, 2.75) is 6.92 Å². The van der Waals surface area contributed by atoms with Crippen LogP contribution in [0, 0.1) is 18.4 Å². The summed E-state index contributed by atoms with van der Waals surface area (Å²) in [5, 5.41) is 6.66. The summed E-state index contributed by atoms with van der Waals surface area (Å²) in [5.41, 5.74) is 4.79. The third kappa shape index (κ3) is 2.42. The van der Waals surface area contributed by atoms with Crippen LogP contribution in [0.2, 0.25) is 0 Å². The number of nitrogens with one attached hydrogen (secondary N) is 2. The van der Waals surface area contributed by atoms with Gasteiger partial charge < -0.3 is 0 Å². The van der Waals surface area contributed by atoms with E-state index in [1.54, 1.807) is 12.1 Å². The van der Waals surface area contributed by atoms with Gasteiger partial charge in [-0.2, -0.15) is 0 Å². The van der Waals surface area contributed by atoms with Crippen LogP contribution in [0.15, 0.2) is 18.2 Å². The van der Waals surface area contributed by atoms with Crippen molar-refractivity contribution in [2.24, 2.45) is 0 Å². The van der Waals surface area contributed by atoms with Crippen molar-refractivity contribution < 1.29 is 4.79 Å². The average Bonchev–Trinajstić information content (AvgIpc) is 2.20. The van der Waals surface area contributed by atoms with Crippen molar-refractivity contribution >= 4 is 18.2 Å². The number of anilines is 1. The van der Waals surface area contributed by atoms with Crippen LogP contribution in [0.3, 0.4) is 0 Å². The molecule has 1 rings (SSSR count). The lowest BCUT2D eigenvalue weighted by Crippen LogP contribution is -1.92. The highest BCUT2D eigenvalue weighted by molar-refractivity contribution is 5.85. The Bertz CT molecular complexity index is 415. The topological polar surface area (TPSA) is 57.3 Å². The van der Waals surface area contributed by atoms with Gasteiger partial charge in [0.1, 0.15) is 11.9 Å². The summed E-state index contributed by atoms with van der Waals surface area (Å²) in [6, 6.07) is 7.69. The summed E-state index contributed by atoms with van der Waals surface area (Å²) in [7, 11) is 0. The minimum absolute atomic E-state index is 0.542. The molecule has 0 fully saturated rings. The largest absolute Gasteiger partial charge is 0.369 e. The average molecular weight is 188 g/mol. The van der Waals surface area contributed by atoms with Crippen LogP contribution in [0.1, 0.15) is 15.9 Å². The van der Waals surface area contributed by atoms with E-state index in [-0.39, 0.29) is 0 Å². The molecule has 0 spiro atoms. The number of carbonyl (C=O) groups excluding carboxylic acids is 1. The Kier molecular flexibility index (Phi) is 3.39. The zero-order chi connectivity index (χ0) is 10.4. The first kappa shape index (κ1) is 9.93. The summed E-state index contributed by atoms with van der Waals surface area (Å²) in [4.78, 5) is 14.3. The van der Waals surface area contributed by atoms with Crippen molar-refractivity contribution in [1.29, 1.82) is 5.41 Å². The van der Waals surface area contributed by atoms with Gasteiger partial charge in [0.15, 0.2) is 6.29 Å². The van der Waals surface area contributed by atoms with E-state index in [4.69, 9.17) is 5.41 Å². The molecule has 0 aliphatic carbocycles. The van der Waals surface area contributed by atoms with E-state index in [0.29, 0.717) is 11.3 Å². The number of hydrogen-bond acceptors (Lipinski definition) is 3. The molecule has 0 aliphatic heterocycles. The molecule has 0 radical (unpaired) electrons. The Morgan fingerprint density at radius 2 is 2.36 bits per heavy atom. The van der Waals surface area contributed by atoms with Crippen LogP contribution in [0.25, 0.3) is 4.95 Å². The molecule has 2 N–H and O–H groups in total. The van der Waals surface area contributed by atoms with Crippen molar-refractivity contribution in [3.63, 3.8) is 0 Å². The maximum atomic E-state index is 10.7. The second kappa shape index (κ2) is 4.77. The van der Waals surface area contributed by atoms with Gasteiger partial charge in [-0.15, -0.1) is 0 Å². The third-order valence-electron chi connectivity index (χ3n) is 1.64. The van der Waals surface area contributed by atoms with E-state index in [9.17, 15) is 4.79 Å². The molecule has 0 bridgehead atoms. The smallest absolute Gasteiger partial charge is 0.298 e. The number of aryl methyl sites for hydroxylation is 1. The summed E-state index contributed by atoms with van der Waals surface area (Å²) >= 11 is 0. The zero-order valence-corrected chi connectivity index (χ0v) is 7.74. The summed E-state index contributed by atoms with van der Waals surface area (Å²) in [6.07, 6.45) is 1.69. The molecule has 0 heterocycles. The van der Waals surface area contributed by atoms with Crippen LogP contribution in [-0.2, 0) is 0 Å². The van der Waals surface area contributed by atoms with Crippen molar-refractivity contribution in [3.05, 3.63) is 34.3 Å². The van der Waals surface area contributed by atoms with Crippen molar-refractivity contribution in [1.82, 2.24) is 0 Å². The van der Waals surface area contributed by atoms with Gasteiger partial charge in [-0.05, 0) is 24.5 Å². The standard InChI is InChI=1S/C10H9N3O/c1-8-2-3-10(9(6-8)7-14)13-12-5-4-11/h2-4,6-7H,1H3,(H-,11,13,14)/p+1. The fourth-order valence-corrected chi connectivity index (χ4v) is 1.01. The third-order valence-corrected chi connectivity index (χ3v) is 1.64. The Morgan fingerprint density at radius 3 is 3.00 bits per heavy atom. The van der Waals surface area contributed by atoms with E-state index in [1.807, 2.05) is 13.0 Å². The molecule has 0 saturated carbocycles. The van der Waals surface area contributed by atoms with E-state index >= 15 is 0 Å². The van der Waals surface area contributed by atoms with Gasteiger partial charge in [-0.1, -0.05) is 11.6 Å². The van der Waals surface area contributed by atoms with Crippen molar-refractivity contribution in [2.75, 3.05) is 5.43 Å². The Labute approximate surface area is 81.9 Å². The van der Waals surface area contributed by atoms with Crippen LogP contribution in [0.5, 0.6) is 0 Å². The minimum Gasteiger partial charge on any atom is -0.298 e. The summed E-state index contributed by atoms with van der Waals surface area (Å²) in [5.74, 6) is 0. The second-order valence-corrected chi connectivity index (χ2v) is 2.71. The predicted molar refractivity (Wildman–Crippen MR) is 56.2 cm³/mol. The first-order chi connectivity index (χ1) is 6.77. The highest BCUT2D eigenvalue weighted by Gasteiger charge is 2.03. The van der Waals surface area contributed by atoms with Crippen LogP contribution in [-0.4, -0.2) is 12.5 Å². The summed E-state index contributed by atoms with van der Waals surface area (Å²) < 4.78 is 0. The Balaban J connectivity index is 2.96. The Hall–Kier alpha value is -2.15. The predicted octanol–water partition coefficient (Wildman–Crippen LogP) is 2.12. The lowest BCUT2D eigenvalue weighted by atomic mass is 10.1. The number of aldehydes is 1. The fraction of sp³-hybridized carbons (Fsp3) is 0.100. The van der Waals surface area contributed by atoms with E-state index in [1.165, 1.54) is 0 Å². The maximum absolute atomic E-state index is 10.7. The number of benzene rings is 1. The first-order valence-corrected chi connectivity index (χ1v) is 4.04. The molecule has 0 atom stereocenters. The number of rotatable bonds is 2. The molecule has 0 aromatic heterocycles. The number of carbonyl (C=O) groups is 1. The Morgan fingerprint density at radius 1 is 1.57 bits per heavy atom. The molecule has 4 heteroatoms. The summed E-state index contributed by atoms with van der Waals surface area (Å²) in [6.45, 7) is 1.91. The molecular formula is C10H10N3O+. The molecular weight excluding hydrogens is 178 g/mol. The highest BCUT2D eigenvalue weighted by Crippen LogP contribution is 2.14. The normalized spacial score (nSPS) is 8.36. The number of hydrogen-bond donors (Lipinski definition) is 2. The van der Waals surface area contributed by atoms with Gasteiger partial charge in [0.25, 0.3) is 0 Å². The zero-order valence-electron chi connectivity index (χ0n) is 7.74. The van der Waals surface area contributed by atoms with Gasteiger partial charge in [0, 0.05) is 5.56 Å². The molecule has 1 aromatic carbocycles. The fourth-order valence-electron chi connectivity index (χ4n) is 1.01. The lowest BCUT2D eigenvalue weighted by Gasteiger charge is -1.97. The molecule has 1 aromatic rings. The second-order valence-electron chi connectivity index (χ2n) is 2.71. The lowest BCUT2D eigenvalue weighted by molar-refractivity contribution is 0.112. The quantitative estimate of drug-likeness (QED) is 0.424. The number of nitrogens with zero attached hydrogens (tertiary/aromatic N) is 1. The van der Waals surface area contributed by atoms with E-state index < -0.39 is 0 Å². The SMILES string of the molecule is Cc1ccc(N[N+]#CC=N)c(C=O)c1. The van der Waals surface area contributed by atoms with Gasteiger partial charge in [-0.25, -0.2) is 0 Å². The highest BCUT2D eigenvalue weighted by atomic mass is 16.1. The minimum atomic E-state index is 0.542. The van der Waals surface area contributed by atoms with E-state index in [0.717, 1.165) is 18.1 Å². The molecule has 0 saturated heterocycles. The van der Waals surface area contributed by atoms with Crippen molar-refractivity contribution in [3.8, 4) is 6.07 Å².